The minimum atomic E-state index is -0.566. The summed E-state index contributed by atoms with van der Waals surface area (Å²) in [4.78, 5) is 10.8. The van der Waals surface area contributed by atoms with Crippen LogP contribution < -0.4 is 5.32 Å². The van der Waals surface area contributed by atoms with E-state index in [-0.39, 0.29) is 11.7 Å². The lowest BCUT2D eigenvalue weighted by molar-refractivity contribution is -0.119. The minimum absolute atomic E-state index is 0.239. The molecule has 0 radical (unpaired) electrons. The summed E-state index contributed by atoms with van der Waals surface area (Å²) >= 11 is 0. The Balaban J connectivity index is 2.90. The molecule has 2 nitrogen and oxygen atoms in total. The highest BCUT2D eigenvalue weighted by Crippen LogP contribution is 2.12. The Kier molecular flexibility index (Phi) is 3.24. The lowest BCUT2D eigenvalue weighted by atomic mass is 10.1. The van der Waals surface area contributed by atoms with E-state index in [2.05, 4.69) is 11.2 Å². The van der Waals surface area contributed by atoms with Gasteiger partial charge in [0.05, 0.1) is 0 Å². The Morgan fingerprint density at radius 1 is 1.64 bits per heavy atom. The summed E-state index contributed by atoms with van der Waals surface area (Å²) < 4.78 is 12.8. The monoisotopic (exact) mass is 191 g/mol. The predicted octanol–water partition coefficient (Wildman–Crippen LogP) is 1.64. The van der Waals surface area contributed by atoms with Gasteiger partial charge < -0.3 is 5.32 Å². The molecule has 0 fully saturated rings. The van der Waals surface area contributed by atoms with Crippen LogP contribution in [0.15, 0.2) is 24.3 Å². The molecular weight excluding hydrogens is 181 g/mol. The van der Waals surface area contributed by atoms with Gasteiger partial charge in [-0.15, -0.1) is 6.42 Å². The van der Waals surface area contributed by atoms with Crippen LogP contribution in [0.4, 0.5) is 4.39 Å². The first-order chi connectivity index (χ1) is 6.63. The first kappa shape index (κ1) is 10.3. The molecule has 1 N–H and O–H groups in total. The number of carbonyl (C=O) groups is 1. The fourth-order valence-corrected chi connectivity index (χ4v) is 1.11. The van der Waals surface area contributed by atoms with Crippen molar-refractivity contribution in [2.45, 2.75) is 13.0 Å². The summed E-state index contributed by atoms with van der Waals surface area (Å²) in [5.41, 5.74) is 0.572. The Hall–Kier alpha value is -1.82. The normalized spacial score (nSPS) is 11.5. The molecular formula is C11H10FNO. The van der Waals surface area contributed by atoms with Gasteiger partial charge in [-0.1, -0.05) is 18.1 Å². The molecule has 0 heterocycles. The summed E-state index contributed by atoms with van der Waals surface area (Å²) in [6.07, 6.45) is 5.22. The SMILES string of the molecule is C#CC(NC(C)=O)c1cccc(F)c1. The second-order valence-corrected chi connectivity index (χ2v) is 2.86. The van der Waals surface area contributed by atoms with E-state index < -0.39 is 6.04 Å². The van der Waals surface area contributed by atoms with Crippen LogP contribution in [-0.4, -0.2) is 5.91 Å². The number of hydrogen-bond acceptors (Lipinski definition) is 1. The Labute approximate surface area is 82.1 Å². The number of hydrogen-bond donors (Lipinski definition) is 1. The van der Waals surface area contributed by atoms with Crippen molar-refractivity contribution in [2.24, 2.45) is 0 Å². The van der Waals surface area contributed by atoms with Gasteiger partial charge in [0.1, 0.15) is 11.9 Å². The van der Waals surface area contributed by atoms with Crippen molar-refractivity contribution in [1.29, 1.82) is 0 Å². The van der Waals surface area contributed by atoms with E-state index >= 15 is 0 Å². The van der Waals surface area contributed by atoms with Gasteiger partial charge in [-0.2, -0.15) is 0 Å². The average molecular weight is 191 g/mol. The smallest absolute Gasteiger partial charge is 0.218 e. The van der Waals surface area contributed by atoms with Gasteiger partial charge in [0.15, 0.2) is 0 Å². The molecule has 1 unspecified atom stereocenters. The minimum Gasteiger partial charge on any atom is -0.339 e. The second kappa shape index (κ2) is 4.43. The van der Waals surface area contributed by atoms with Gasteiger partial charge in [0.25, 0.3) is 0 Å². The van der Waals surface area contributed by atoms with Crippen molar-refractivity contribution in [2.75, 3.05) is 0 Å². The van der Waals surface area contributed by atoms with E-state index in [0.717, 1.165) is 0 Å². The van der Waals surface area contributed by atoms with Gasteiger partial charge >= 0.3 is 0 Å². The summed E-state index contributed by atoms with van der Waals surface area (Å²) in [6.45, 7) is 1.36. The highest BCUT2D eigenvalue weighted by molar-refractivity contribution is 5.74. The number of carbonyl (C=O) groups excluding carboxylic acids is 1. The molecule has 0 saturated carbocycles. The van der Waals surface area contributed by atoms with Crippen molar-refractivity contribution < 1.29 is 9.18 Å². The Morgan fingerprint density at radius 3 is 2.86 bits per heavy atom. The van der Waals surface area contributed by atoms with E-state index in [1.54, 1.807) is 12.1 Å². The maximum Gasteiger partial charge on any atom is 0.218 e. The first-order valence-electron chi connectivity index (χ1n) is 4.12. The van der Waals surface area contributed by atoms with Gasteiger partial charge in [-0.3, -0.25) is 4.79 Å². The molecule has 3 heteroatoms. The standard InChI is InChI=1S/C11H10FNO/c1-3-11(13-8(2)14)9-5-4-6-10(12)7-9/h1,4-7,11H,2H3,(H,13,14). The molecule has 1 aromatic rings. The van der Waals surface area contributed by atoms with Crippen LogP contribution in [-0.2, 0) is 4.79 Å². The summed E-state index contributed by atoms with van der Waals surface area (Å²) in [5, 5.41) is 2.53. The van der Waals surface area contributed by atoms with Crippen molar-refractivity contribution in [1.82, 2.24) is 5.32 Å². The van der Waals surface area contributed by atoms with Crippen LogP contribution in [0.2, 0.25) is 0 Å². The zero-order valence-corrected chi connectivity index (χ0v) is 7.75. The molecule has 0 bridgehead atoms. The zero-order valence-electron chi connectivity index (χ0n) is 7.75. The lowest BCUT2D eigenvalue weighted by Crippen LogP contribution is -2.24. The largest absolute Gasteiger partial charge is 0.339 e. The van der Waals surface area contributed by atoms with E-state index in [1.807, 2.05) is 0 Å². The molecule has 1 aromatic carbocycles. The number of rotatable bonds is 2. The number of benzene rings is 1. The summed E-state index contributed by atoms with van der Waals surface area (Å²) in [7, 11) is 0. The topological polar surface area (TPSA) is 29.1 Å². The highest BCUT2D eigenvalue weighted by atomic mass is 19.1. The highest BCUT2D eigenvalue weighted by Gasteiger charge is 2.09. The van der Waals surface area contributed by atoms with Gasteiger partial charge in [-0.05, 0) is 17.7 Å². The van der Waals surface area contributed by atoms with E-state index in [9.17, 15) is 9.18 Å². The third-order valence-electron chi connectivity index (χ3n) is 1.70. The maximum atomic E-state index is 12.8. The molecule has 0 saturated heterocycles. The molecule has 14 heavy (non-hydrogen) atoms. The number of halogens is 1. The fourth-order valence-electron chi connectivity index (χ4n) is 1.11. The third-order valence-corrected chi connectivity index (χ3v) is 1.70. The van der Waals surface area contributed by atoms with E-state index in [4.69, 9.17) is 6.42 Å². The molecule has 0 aliphatic heterocycles. The molecule has 0 aromatic heterocycles. The first-order valence-corrected chi connectivity index (χ1v) is 4.12. The molecule has 0 spiro atoms. The Bertz CT molecular complexity index is 381. The molecule has 72 valence electrons. The van der Waals surface area contributed by atoms with Crippen LogP contribution in [0.3, 0.4) is 0 Å². The molecule has 1 amide bonds. The summed E-state index contributed by atoms with van der Waals surface area (Å²) in [6, 6.07) is 5.29. The lowest BCUT2D eigenvalue weighted by Gasteiger charge is -2.11. The van der Waals surface area contributed by atoms with Crippen LogP contribution >= 0.6 is 0 Å². The fraction of sp³-hybridized carbons (Fsp3) is 0.182. The average Bonchev–Trinajstić information content (AvgIpc) is 2.14. The molecule has 0 aliphatic carbocycles. The van der Waals surface area contributed by atoms with Gasteiger partial charge in [-0.25, -0.2) is 4.39 Å². The maximum absolute atomic E-state index is 12.8. The van der Waals surface area contributed by atoms with Crippen LogP contribution in [0.25, 0.3) is 0 Å². The molecule has 1 rings (SSSR count). The molecule has 1 atom stereocenters. The molecule has 0 aliphatic rings. The number of nitrogens with one attached hydrogen (secondary N) is 1. The quantitative estimate of drug-likeness (QED) is 0.707. The van der Waals surface area contributed by atoms with Crippen LogP contribution in [0.5, 0.6) is 0 Å². The van der Waals surface area contributed by atoms with Crippen molar-refractivity contribution in [3.63, 3.8) is 0 Å². The van der Waals surface area contributed by atoms with Crippen LogP contribution in [0, 0.1) is 18.2 Å². The predicted molar refractivity (Wildman–Crippen MR) is 51.8 cm³/mol. The number of terminal acetylenes is 1. The van der Waals surface area contributed by atoms with Crippen LogP contribution in [0.1, 0.15) is 18.5 Å². The van der Waals surface area contributed by atoms with Crippen molar-refractivity contribution >= 4 is 5.91 Å². The second-order valence-electron chi connectivity index (χ2n) is 2.86. The summed E-state index contributed by atoms with van der Waals surface area (Å²) in [5.74, 6) is 1.77. The van der Waals surface area contributed by atoms with E-state index in [0.29, 0.717) is 5.56 Å². The van der Waals surface area contributed by atoms with E-state index in [1.165, 1.54) is 19.1 Å². The van der Waals surface area contributed by atoms with Gasteiger partial charge in [0.2, 0.25) is 5.91 Å². The van der Waals surface area contributed by atoms with Crippen molar-refractivity contribution in [3.05, 3.63) is 35.6 Å². The number of amides is 1. The van der Waals surface area contributed by atoms with Gasteiger partial charge in [0, 0.05) is 6.92 Å². The Morgan fingerprint density at radius 2 is 2.36 bits per heavy atom. The third kappa shape index (κ3) is 2.60. The zero-order chi connectivity index (χ0) is 10.6. The van der Waals surface area contributed by atoms with Crippen molar-refractivity contribution in [3.8, 4) is 12.3 Å².